The fourth-order valence-electron chi connectivity index (χ4n) is 4.19. The molecule has 4 rings (SSSR count). The Balaban J connectivity index is 1.41. The van der Waals surface area contributed by atoms with Crippen LogP contribution in [0.25, 0.3) is 11.3 Å². The van der Waals surface area contributed by atoms with Crippen molar-refractivity contribution in [2.45, 2.75) is 45.3 Å². The SMILES string of the molecule is C[C@@H]1CN(Cc2ccc(-c3cnc(N4CCCC4)cn3)cc2)[C@@H](C)CN1C. The van der Waals surface area contributed by atoms with Gasteiger partial charge in [0.25, 0.3) is 0 Å². The normalized spacial score (nSPS) is 24.5. The second kappa shape index (κ2) is 7.95. The number of rotatable bonds is 4. The van der Waals surface area contributed by atoms with Crippen LogP contribution in [0.2, 0.25) is 0 Å². The van der Waals surface area contributed by atoms with E-state index in [1.165, 1.54) is 18.4 Å². The van der Waals surface area contributed by atoms with E-state index in [4.69, 9.17) is 0 Å². The Morgan fingerprint density at radius 1 is 0.926 bits per heavy atom. The zero-order chi connectivity index (χ0) is 18.8. The molecule has 5 nitrogen and oxygen atoms in total. The van der Waals surface area contributed by atoms with Gasteiger partial charge in [-0.2, -0.15) is 0 Å². The van der Waals surface area contributed by atoms with Gasteiger partial charge in [0.1, 0.15) is 5.82 Å². The third kappa shape index (κ3) is 4.14. The van der Waals surface area contributed by atoms with Crippen LogP contribution in [-0.4, -0.2) is 65.1 Å². The molecule has 2 aromatic rings. The zero-order valence-corrected chi connectivity index (χ0v) is 16.8. The van der Waals surface area contributed by atoms with Gasteiger partial charge >= 0.3 is 0 Å². The number of aromatic nitrogens is 2. The average Bonchev–Trinajstić information content (AvgIpc) is 3.22. The van der Waals surface area contributed by atoms with E-state index in [0.29, 0.717) is 12.1 Å². The topological polar surface area (TPSA) is 35.5 Å². The molecule has 0 N–H and O–H groups in total. The smallest absolute Gasteiger partial charge is 0.147 e. The van der Waals surface area contributed by atoms with Crippen LogP contribution in [0.5, 0.6) is 0 Å². The number of hydrogen-bond donors (Lipinski definition) is 0. The van der Waals surface area contributed by atoms with Crippen LogP contribution in [0.15, 0.2) is 36.7 Å². The molecule has 0 radical (unpaired) electrons. The van der Waals surface area contributed by atoms with Crippen molar-refractivity contribution in [3.8, 4) is 11.3 Å². The van der Waals surface area contributed by atoms with Gasteiger partial charge in [-0.05, 0) is 39.3 Å². The van der Waals surface area contributed by atoms with Gasteiger partial charge in [-0.15, -0.1) is 0 Å². The van der Waals surface area contributed by atoms with Gasteiger partial charge in [0.15, 0.2) is 0 Å². The molecule has 5 heteroatoms. The van der Waals surface area contributed by atoms with Crippen molar-refractivity contribution in [1.82, 2.24) is 19.8 Å². The first-order chi connectivity index (χ1) is 13.1. The van der Waals surface area contributed by atoms with Crippen molar-refractivity contribution in [1.29, 1.82) is 0 Å². The van der Waals surface area contributed by atoms with E-state index in [9.17, 15) is 0 Å². The summed E-state index contributed by atoms with van der Waals surface area (Å²) in [6.45, 7) is 10.1. The van der Waals surface area contributed by atoms with Crippen molar-refractivity contribution in [2.24, 2.45) is 0 Å². The monoisotopic (exact) mass is 365 g/mol. The summed E-state index contributed by atoms with van der Waals surface area (Å²) in [5.74, 6) is 1.01. The molecule has 0 amide bonds. The maximum atomic E-state index is 4.65. The van der Waals surface area contributed by atoms with Crippen molar-refractivity contribution in [2.75, 3.05) is 38.1 Å². The summed E-state index contributed by atoms with van der Waals surface area (Å²) in [5, 5.41) is 0. The van der Waals surface area contributed by atoms with Crippen LogP contribution in [0, 0.1) is 0 Å². The number of piperazine rings is 1. The third-order valence-electron chi connectivity index (χ3n) is 6.13. The number of likely N-dealkylation sites (N-methyl/N-ethyl adjacent to an activating group) is 1. The molecule has 1 aromatic heterocycles. The maximum Gasteiger partial charge on any atom is 0.147 e. The predicted molar refractivity (Wildman–Crippen MR) is 111 cm³/mol. The lowest BCUT2D eigenvalue weighted by molar-refractivity contribution is 0.0546. The van der Waals surface area contributed by atoms with E-state index < -0.39 is 0 Å². The molecule has 0 unspecified atom stereocenters. The summed E-state index contributed by atoms with van der Waals surface area (Å²) >= 11 is 0. The van der Waals surface area contributed by atoms with Gasteiger partial charge in [-0.3, -0.25) is 9.88 Å². The average molecular weight is 366 g/mol. The molecular weight excluding hydrogens is 334 g/mol. The number of nitrogens with zero attached hydrogens (tertiary/aromatic N) is 5. The molecule has 2 saturated heterocycles. The van der Waals surface area contributed by atoms with Crippen molar-refractivity contribution in [3.05, 3.63) is 42.2 Å². The Labute approximate surface area is 163 Å². The summed E-state index contributed by atoms with van der Waals surface area (Å²) < 4.78 is 0. The van der Waals surface area contributed by atoms with E-state index in [2.05, 4.69) is 69.8 Å². The van der Waals surface area contributed by atoms with E-state index in [-0.39, 0.29) is 0 Å². The second-order valence-electron chi connectivity index (χ2n) is 8.22. The predicted octanol–water partition coefficient (Wildman–Crippen LogP) is 3.27. The molecule has 0 bridgehead atoms. The summed E-state index contributed by atoms with van der Waals surface area (Å²) in [4.78, 5) is 16.6. The first-order valence-corrected chi connectivity index (χ1v) is 10.2. The van der Waals surface area contributed by atoms with Crippen LogP contribution >= 0.6 is 0 Å². The minimum Gasteiger partial charge on any atom is -0.355 e. The van der Waals surface area contributed by atoms with Crippen molar-refractivity contribution in [3.63, 3.8) is 0 Å². The lowest BCUT2D eigenvalue weighted by Gasteiger charge is -2.42. The van der Waals surface area contributed by atoms with E-state index in [0.717, 1.165) is 49.8 Å². The van der Waals surface area contributed by atoms with Gasteiger partial charge in [0.05, 0.1) is 18.1 Å². The van der Waals surface area contributed by atoms with E-state index >= 15 is 0 Å². The summed E-state index contributed by atoms with van der Waals surface area (Å²) in [6, 6.07) is 10.0. The highest BCUT2D eigenvalue weighted by atomic mass is 15.3. The largest absolute Gasteiger partial charge is 0.355 e. The van der Waals surface area contributed by atoms with Gasteiger partial charge < -0.3 is 9.80 Å². The molecule has 2 aliphatic heterocycles. The molecule has 144 valence electrons. The standard InChI is InChI=1S/C22H31N5/c1-17-15-27(18(2)14-25(17)3)16-19-6-8-20(9-7-19)21-12-24-22(13-23-21)26-10-4-5-11-26/h6-9,12-13,17-18H,4-5,10-11,14-16H2,1-3H3/t17-,18+/m1/s1. The Hall–Kier alpha value is -1.98. The van der Waals surface area contributed by atoms with Crippen LogP contribution < -0.4 is 4.90 Å². The summed E-state index contributed by atoms with van der Waals surface area (Å²) in [5.41, 5.74) is 3.45. The van der Waals surface area contributed by atoms with Crippen LogP contribution in [-0.2, 0) is 6.54 Å². The Morgan fingerprint density at radius 3 is 2.33 bits per heavy atom. The number of anilines is 1. The number of benzene rings is 1. The molecule has 0 aliphatic carbocycles. The first-order valence-electron chi connectivity index (χ1n) is 10.2. The fourth-order valence-corrected chi connectivity index (χ4v) is 4.19. The highest BCUT2D eigenvalue weighted by molar-refractivity contribution is 5.59. The lowest BCUT2D eigenvalue weighted by Crippen LogP contribution is -2.54. The van der Waals surface area contributed by atoms with Gasteiger partial charge in [0.2, 0.25) is 0 Å². The highest BCUT2D eigenvalue weighted by Crippen LogP contribution is 2.22. The second-order valence-corrected chi connectivity index (χ2v) is 8.22. The maximum absolute atomic E-state index is 4.65. The van der Waals surface area contributed by atoms with Crippen LogP contribution in [0.4, 0.5) is 5.82 Å². The lowest BCUT2D eigenvalue weighted by atomic mass is 10.1. The molecule has 2 aliphatic rings. The zero-order valence-electron chi connectivity index (χ0n) is 16.8. The Bertz CT molecular complexity index is 736. The fraction of sp³-hybridized carbons (Fsp3) is 0.545. The van der Waals surface area contributed by atoms with Crippen LogP contribution in [0.3, 0.4) is 0 Å². The molecule has 0 saturated carbocycles. The Morgan fingerprint density at radius 2 is 1.67 bits per heavy atom. The van der Waals surface area contributed by atoms with Gasteiger partial charge in [0, 0.05) is 50.4 Å². The number of hydrogen-bond acceptors (Lipinski definition) is 5. The van der Waals surface area contributed by atoms with Crippen molar-refractivity contribution < 1.29 is 0 Å². The molecule has 27 heavy (non-hydrogen) atoms. The molecule has 0 spiro atoms. The summed E-state index contributed by atoms with van der Waals surface area (Å²) in [6.07, 6.45) is 6.35. The van der Waals surface area contributed by atoms with Crippen LogP contribution in [0.1, 0.15) is 32.3 Å². The molecule has 2 atom stereocenters. The Kier molecular flexibility index (Phi) is 5.41. The summed E-state index contributed by atoms with van der Waals surface area (Å²) in [7, 11) is 2.23. The molecular formula is C22H31N5. The molecule has 2 fully saturated rings. The minimum atomic E-state index is 0.592. The first kappa shape index (κ1) is 18.4. The molecule has 3 heterocycles. The van der Waals surface area contributed by atoms with Gasteiger partial charge in [-0.1, -0.05) is 24.3 Å². The quantitative estimate of drug-likeness (QED) is 0.831. The van der Waals surface area contributed by atoms with Crippen molar-refractivity contribution >= 4 is 5.82 Å². The van der Waals surface area contributed by atoms with Gasteiger partial charge in [-0.25, -0.2) is 4.98 Å². The molecule has 1 aromatic carbocycles. The third-order valence-corrected chi connectivity index (χ3v) is 6.13. The van der Waals surface area contributed by atoms with E-state index in [1.54, 1.807) is 0 Å². The minimum absolute atomic E-state index is 0.592. The van der Waals surface area contributed by atoms with E-state index in [1.807, 2.05) is 12.4 Å². The highest BCUT2D eigenvalue weighted by Gasteiger charge is 2.26.